The number of carbonyl (C=O) groups excluding carboxylic acids is 1. The summed E-state index contributed by atoms with van der Waals surface area (Å²) in [5, 5.41) is 12.2. The van der Waals surface area contributed by atoms with Crippen LogP contribution in [0.15, 0.2) is 18.2 Å². The zero-order chi connectivity index (χ0) is 14.3. The van der Waals surface area contributed by atoms with E-state index in [0.717, 1.165) is 0 Å². The predicted octanol–water partition coefficient (Wildman–Crippen LogP) is 1.36. The minimum absolute atomic E-state index is 0.200. The van der Waals surface area contributed by atoms with E-state index in [1.165, 1.54) is 0 Å². The first-order valence-corrected chi connectivity index (χ1v) is 6.29. The number of ether oxygens (including phenoxy) is 2. The van der Waals surface area contributed by atoms with Gasteiger partial charge in [0, 0.05) is 19.2 Å². The molecular formula is C13H18ClNO4. The highest BCUT2D eigenvalue weighted by molar-refractivity contribution is 6.32. The van der Waals surface area contributed by atoms with Gasteiger partial charge in [-0.1, -0.05) is 23.7 Å². The summed E-state index contributed by atoms with van der Waals surface area (Å²) >= 11 is 6.00. The number of methoxy groups -OCH3 is 1. The van der Waals surface area contributed by atoms with Gasteiger partial charge in [-0.3, -0.25) is 4.79 Å². The molecule has 0 radical (unpaired) electrons. The third kappa shape index (κ3) is 4.70. The van der Waals surface area contributed by atoms with E-state index in [2.05, 4.69) is 5.32 Å². The normalized spacial score (nSPS) is 12.0. The third-order valence-electron chi connectivity index (χ3n) is 2.49. The van der Waals surface area contributed by atoms with E-state index >= 15 is 0 Å². The van der Waals surface area contributed by atoms with Crippen LogP contribution in [0.1, 0.15) is 12.5 Å². The first kappa shape index (κ1) is 15.8. The SMILES string of the molecule is COCCNC(=O)C(C)Oc1c(Cl)cccc1CO. The van der Waals surface area contributed by atoms with E-state index in [1.54, 1.807) is 32.2 Å². The molecule has 6 heteroatoms. The van der Waals surface area contributed by atoms with Crippen LogP contribution in [-0.2, 0) is 16.1 Å². The summed E-state index contributed by atoms with van der Waals surface area (Å²) in [5.41, 5.74) is 0.545. The van der Waals surface area contributed by atoms with Crippen LogP contribution in [0.25, 0.3) is 0 Å². The van der Waals surface area contributed by atoms with E-state index in [-0.39, 0.29) is 12.5 Å². The first-order valence-electron chi connectivity index (χ1n) is 5.91. The van der Waals surface area contributed by atoms with Crippen molar-refractivity contribution in [3.05, 3.63) is 28.8 Å². The molecule has 106 valence electrons. The van der Waals surface area contributed by atoms with Crippen molar-refractivity contribution in [2.75, 3.05) is 20.3 Å². The number of benzene rings is 1. The lowest BCUT2D eigenvalue weighted by Gasteiger charge is -2.17. The Morgan fingerprint density at radius 3 is 2.89 bits per heavy atom. The minimum Gasteiger partial charge on any atom is -0.479 e. The number of hydrogen-bond donors (Lipinski definition) is 2. The zero-order valence-electron chi connectivity index (χ0n) is 11.0. The number of hydrogen-bond acceptors (Lipinski definition) is 4. The second-order valence-electron chi connectivity index (χ2n) is 3.93. The highest BCUT2D eigenvalue weighted by Gasteiger charge is 2.17. The lowest BCUT2D eigenvalue weighted by Crippen LogP contribution is -2.38. The van der Waals surface area contributed by atoms with Gasteiger partial charge >= 0.3 is 0 Å². The molecule has 0 saturated heterocycles. The van der Waals surface area contributed by atoms with Crippen molar-refractivity contribution in [1.82, 2.24) is 5.32 Å². The fraction of sp³-hybridized carbons (Fsp3) is 0.462. The predicted molar refractivity (Wildman–Crippen MR) is 72.4 cm³/mol. The fourth-order valence-electron chi connectivity index (χ4n) is 1.46. The molecule has 1 atom stereocenters. The molecule has 0 aromatic heterocycles. The molecule has 5 nitrogen and oxygen atoms in total. The van der Waals surface area contributed by atoms with Crippen molar-refractivity contribution < 1.29 is 19.4 Å². The van der Waals surface area contributed by atoms with Crippen molar-refractivity contribution in [3.63, 3.8) is 0 Å². The van der Waals surface area contributed by atoms with Gasteiger partial charge in [-0.25, -0.2) is 0 Å². The van der Waals surface area contributed by atoms with Crippen molar-refractivity contribution in [2.45, 2.75) is 19.6 Å². The molecule has 2 N–H and O–H groups in total. The van der Waals surface area contributed by atoms with Crippen molar-refractivity contribution >= 4 is 17.5 Å². The van der Waals surface area contributed by atoms with E-state index in [9.17, 15) is 9.90 Å². The van der Waals surface area contributed by atoms with Gasteiger partial charge in [0.2, 0.25) is 0 Å². The number of amides is 1. The van der Waals surface area contributed by atoms with E-state index in [1.807, 2.05) is 0 Å². The van der Waals surface area contributed by atoms with Gasteiger partial charge in [0.15, 0.2) is 6.10 Å². The van der Waals surface area contributed by atoms with Crippen molar-refractivity contribution in [1.29, 1.82) is 0 Å². The number of rotatable bonds is 7. The molecule has 0 saturated carbocycles. The van der Waals surface area contributed by atoms with Crippen LogP contribution in [0.2, 0.25) is 5.02 Å². The summed E-state index contributed by atoms with van der Waals surface area (Å²) in [6.45, 7) is 2.27. The maximum absolute atomic E-state index is 11.7. The van der Waals surface area contributed by atoms with Gasteiger partial charge < -0.3 is 19.9 Å². The highest BCUT2D eigenvalue weighted by Crippen LogP contribution is 2.29. The largest absolute Gasteiger partial charge is 0.479 e. The third-order valence-corrected chi connectivity index (χ3v) is 2.79. The maximum atomic E-state index is 11.7. The van der Waals surface area contributed by atoms with E-state index in [4.69, 9.17) is 21.1 Å². The monoisotopic (exact) mass is 287 g/mol. The zero-order valence-corrected chi connectivity index (χ0v) is 11.7. The summed E-state index contributed by atoms with van der Waals surface area (Å²) in [7, 11) is 1.56. The van der Waals surface area contributed by atoms with E-state index in [0.29, 0.717) is 29.5 Å². The molecule has 0 heterocycles. The second kappa shape index (κ2) is 7.99. The van der Waals surface area contributed by atoms with Crippen LogP contribution >= 0.6 is 11.6 Å². The quantitative estimate of drug-likeness (QED) is 0.743. The molecule has 1 aromatic carbocycles. The number of aliphatic hydroxyl groups is 1. The highest BCUT2D eigenvalue weighted by atomic mass is 35.5. The minimum atomic E-state index is -0.706. The van der Waals surface area contributed by atoms with Crippen LogP contribution in [-0.4, -0.2) is 37.4 Å². The Morgan fingerprint density at radius 1 is 1.53 bits per heavy atom. The van der Waals surface area contributed by atoms with Gasteiger partial charge in [-0.2, -0.15) is 0 Å². The Balaban J connectivity index is 2.66. The Morgan fingerprint density at radius 2 is 2.26 bits per heavy atom. The van der Waals surface area contributed by atoms with Crippen LogP contribution < -0.4 is 10.1 Å². The molecular weight excluding hydrogens is 270 g/mol. The second-order valence-corrected chi connectivity index (χ2v) is 4.34. The van der Waals surface area contributed by atoms with Gasteiger partial charge in [-0.05, 0) is 13.0 Å². The fourth-order valence-corrected chi connectivity index (χ4v) is 1.70. The van der Waals surface area contributed by atoms with Gasteiger partial charge in [0.1, 0.15) is 5.75 Å². The van der Waals surface area contributed by atoms with Crippen molar-refractivity contribution in [2.24, 2.45) is 0 Å². The van der Waals surface area contributed by atoms with Crippen LogP contribution in [0.3, 0.4) is 0 Å². The van der Waals surface area contributed by atoms with Crippen LogP contribution in [0, 0.1) is 0 Å². The first-order chi connectivity index (χ1) is 9.10. The molecule has 1 amide bonds. The molecule has 1 aromatic rings. The van der Waals surface area contributed by atoms with E-state index < -0.39 is 6.10 Å². The lowest BCUT2D eigenvalue weighted by molar-refractivity contribution is -0.127. The smallest absolute Gasteiger partial charge is 0.260 e. The van der Waals surface area contributed by atoms with Gasteiger partial charge in [0.25, 0.3) is 5.91 Å². The molecule has 1 unspecified atom stereocenters. The summed E-state index contributed by atoms with van der Waals surface area (Å²) < 4.78 is 10.4. The van der Waals surface area contributed by atoms with Gasteiger partial charge in [0.05, 0.1) is 18.2 Å². The summed E-state index contributed by atoms with van der Waals surface area (Å²) in [6, 6.07) is 5.05. The topological polar surface area (TPSA) is 67.8 Å². The van der Waals surface area contributed by atoms with Crippen molar-refractivity contribution in [3.8, 4) is 5.75 Å². The average Bonchev–Trinajstić information content (AvgIpc) is 2.41. The molecule has 1 rings (SSSR count). The molecule has 0 fully saturated rings. The number of para-hydroxylation sites is 1. The molecule has 19 heavy (non-hydrogen) atoms. The Labute approximate surface area is 117 Å². The molecule has 0 spiro atoms. The number of aliphatic hydroxyl groups excluding tert-OH is 1. The van der Waals surface area contributed by atoms with Gasteiger partial charge in [-0.15, -0.1) is 0 Å². The molecule has 0 aliphatic rings. The Kier molecular flexibility index (Phi) is 6.62. The number of nitrogens with one attached hydrogen (secondary N) is 1. The summed E-state index contributed by atoms with van der Waals surface area (Å²) in [4.78, 5) is 11.7. The molecule has 0 aliphatic carbocycles. The molecule has 0 aliphatic heterocycles. The maximum Gasteiger partial charge on any atom is 0.260 e. The Bertz CT molecular complexity index is 425. The summed E-state index contributed by atoms with van der Waals surface area (Å²) in [6.07, 6.45) is -0.706. The number of halogens is 1. The standard InChI is InChI=1S/C13H18ClNO4/c1-9(13(17)15-6-7-18-2)19-12-10(8-16)4-3-5-11(12)14/h3-5,9,16H,6-8H2,1-2H3,(H,15,17). The molecule has 0 bridgehead atoms. The number of carbonyl (C=O) groups is 1. The lowest BCUT2D eigenvalue weighted by atomic mass is 10.2. The van der Waals surface area contributed by atoms with Crippen LogP contribution in [0.5, 0.6) is 5.75 Å². The Hall–Kier alpha value is -1.30. The van der Waals surface area contributed by atoms with Crippen LogP contribution in [0.4, 0.5) is 0 Å². The average molecular weight is 288 g/mol. The summed E-state index contributed by atoms with van der Waals surface area (Å²) in [5.74, 6) is 0.0712.